The van der Waals surface area contributed by atoms with Crippen LogP contribution in [0.5, 0.6) is 17.2 Å². The van der Waals surface area contributed by atoms with Gasteiger partial charge >= 0.3 is 0 Å². The molecule has 0 spiro atoms. The Labute approximate surface area is 187 Å². The van der Waals surface area contributed by atoms with Crippen molar-refractivity contribution in [3.05, 3.63) is 48.0 Å². The Kier molecular flexibility index (Phi) is 9.47. The molecule has 2 aromatic carbocycles. The molecule has 2 rings (SSSR count). The first kappa shape index (κ1) is 24.8. The fourth-order valence-corrected chi connectivity index (χ4v) is 4.32. The molecule has 0 aromatic heterocycles. The highest BCUT2D eigenvalue weighted by molar-refractivity contribution is 7.98. The number of nitrogens with two attached hydrogens (primary N) is 1. The second-order valence-electron chi connectivity index (χ2n) is 6.62. The smallest absolute Gasteiger partial charge is 0.258 e. The third kappa shape index (κ3) is 7.64. The molecule has 0 saturated carbocycles. The van der Waals surface area contributed by atoms with Crippen LogP contribution >= 0.6 is 11.8 Å². The van der Waals surface area contributed by atoms with Crippen molar-refractivity contribution in [1.82, 2.24) is 5.32 Å². The van der Waals surface area contributed by atoms with E-state index in [1.165, 1.54) is 13.2 Å². The van der Waals surface area contributed by atoms with Gasteiger partial charge in [0.15, 0.2) is 18.1 Å². The number of primary sulfonamides is 1. The molecule has 8 nitrogen and oxygen atoms in total. The molecule has 0 fully saturated rings. The zero-order valence-corrected chi connectivity index (χ0v) is 19.4. The number of carbonyl (C=O) groups is 1. The van der Waals surface area contributed by atoms with E-state index in [9.17, 15) is 13.2 Å². The monoisotopic (exact) mass is 468 g/mol. The normalized spacial score (nSPS) is 12.1. The van der Waals surface area contributed by atoms with E-state index in [-0.39, 0.29) is 29.2 Å². The summed E-state index contributed by atoms with van der Waals surface area (Å²) < 4.78 is 39.9. The summed E-state index contributed by atoms with van der Waals surface area (Å²) >= 11 is 1.57. The fraction of sp³-hybridized carbons (Fsp3) is 0.381. The Morgan fingerprint density at radius 1 is 1.13 bits per heavy atom. The van der Waals surface area contributed by atoms with Gasteiger partial charge in [-0.15, -0.1) is 0 Å². The van der Waals surface area contributed by atoms with Crippen LogP contribution < -0.4 is 24.7 Å². The molecule has 0 radical (unpaired) electrons. The zero-order valence-electron chi connectivity index (χ0n) is 17.8. The molecule has 0 aliphatic heterocycles. The van der Waals surface area contributed by atoms with Gasteiger partial charge in [0.2, 0.25) is 10.0 Å². The second-order valence-corrected chi connectivity index (χ2v) is 9.06. The number of nitrogens with one attached hydrogen (secondary N) is 1. The van der Waals surface area contributed by atoms with Gasteiger partial charge in [0.1, 0.15) is 10.6 Å². The van der Waals surface area contributed by atoms with E-state index in [2.05, 4.69) is 5.32 Å². The third-order valence-corrected chi connectivity index (χ3v) is 5.93. The summed E-state index contributed by atoms with van der Waals surface area (Å²) in [5.74, 6) is 1.60. The summed E-state index contributed by atoms with van der Waals surface area (Å²) in [6.45, 7) is 2.20. The van der Waals surface area contributed by atoms with Crippen molar-refractivity contribution in [1.29, 1.82) is 0 Å². The molecule has 0 heterocycles. The van der Waals surface area contributed by atoms with Crippen LogP contribution in [-0.4, -0.2) is 52.7 Å². The Balaban J connectivity index is 2.05. The fourth-order valence-electron chi connectivity index (χ4n) is 2.96. The second kappa shape index (κ2) is 11.8. The summed E-state index contributed by atoms with van der Waals surface area (Å²) in [7, 11) is -2.56. The number of carbonyl (C=O) groups excluding carboxylic acids is 1. The number of methoxy groups -OCH3 is 1. The van der Waals surface area contributed by atoms with Crippen LogP contribution in [0.2, 0.25) is 0 Å². The Morgan fingerprint density at radius 3 is 2.39 bits per heavy atom. The standard InChI is InChI=1S/C21H28N2O6S2/c1-4-28-17-7-5-6-8-18(17)29-13-21(24)23-16(14-30-3)11-15-9-10-19(27-2)20(12-15)31(22,25)26/h5-10,12,16H,4,11,13-14H2,1-3H3,(H,23,24)(H2,22,25,26). The lowest BCUT2D eigenvalue weighted by atomic mass is 10.1. The molecular formula is C21H28N2O6S2. The van der Waals surface area contributed by atoms with Crippen LogP contribution in [0.1, 0.15) is 12.5 Å². The van der Waals surface area contributed by atoms with Crippen molar-refractivity contribution in [3.8, 4) is 17.2 Å². The summed E-state index contributed by atoms with van der Waals surface area (Å²) in [4.78, 5) is 12.4. The number of sulfonamides is 1. The molecule has 10 heteroatoms. The summed E-state index contributed by atoms with van der Waals surface area (Å²) in [5, 5.41) is 8.23. The number of hydrogen-bond donors (Lipinski definition) is 2. The van der Waals surface area contributed by atoms with Gasteiger partial charge in [-0.25, -0.2) is 13.6 Å². The largest absolute Gasteiger partial charge is 0.495 e. The van der Waals surface area contributed by atoms with Gasteiger partial charge in [-0.3, -0.25) is 4.79 Å². The van der Waals surface area contributed by atoms with E-state index in [1.807, 2.05) is 19.2 Å². The maximum absolute atomic E-state index is 12.5. The predicted molar refractivity (Wildman–Crippen MR) is 121 cm³/mol. The molecule has 3 N–H and O–H groups in total. The molecular weight excluding hydrogens is 440 g/mol. The Hall–Kier alpha value is -2.43. The number of ether oxygens (including phenoxy) is 3. The minimum Gasteiger partial charge on any atom is -0.495 e. The summed E-state index contributed by atoms with van der Waals surface area (Å²) in [5.41, 5.74) is 0.715. The minimum atomic E-state index is -3.94. The van der Waals surface area contributed by atoms with Crippen LogP contribution in [0.4, 0.5) is 0 Å². The van der Waals surface area contributed by atoms with Crippen molar-refractivity contribution in [2.75, 3.05) is 32.3 Å². The quantitative estimate of drug-likeness (QED) is 0.490. The van der Waals surface area contributed by atoms with Gasteiger partial charge in [-0.1, -0.05) is 18.2 Å². The number of benzene rings is 2. The van der Waals surface area contributed by atoms with Gasteiger partial charge in [0.05, 0.1) is 13.7 Å². The van der Waals surface area contributed by atoms with E-state index in [4.69, 9.17) is 19.3 Å². The van der Waals surface area contributed by atoms with Crippen molar-refractivity contribution in [2.45, 2.75) is 24.3 Å². The van der Waals surface area contributed by atoms with Gasteiger partial charge in [-0.2, -0.15) is 11.8 Å². The number of amides is 1. The average Bonchev–Trinajstić information content (AvgIpc) is 2.73. The molecule has 2 aromatic rings. The maximum Gasteiger partial charge on any atom is 0.258 e. The number of para-hydroxylation sites is 2. The number of hydrogen-bond acceptors (Lipinski definition) is 7. The van der Waals surface area contributed by atoms with E-state index in [1.54, 1.807) is 42.1 Å². The number of rotatable bonds is 12. The zero-order chi connectivity index (χ0) is 22.9. The maximum atomic E-state index is 12.5. The minimum absolute atomic E-state index is 0.0856. The van der Waals surface area contributed by atoms with Gasteiger partial charge in [0, 0.05) is 11.8 Å². The van der Waals surface area contributed by atoms with E-state index < -0.39 is 10.0 Å². The van der Waals surface area contributed by atoms with Crippen molar-refractivity contribution in [2.24, 2.45) is 5.14 Å². The summed E-state index contributed by atoms with van der Waals surface area (Å²) in [6.07, 6.45) is 2.35. The molecule has 1 unspecified atom stereocenters. The lowest BCUT2D eigenvalue weighted by Gasteiger charge is -2.19. The molecule has 0 saturated heterocycles. The molecule has 1 atom stereocenters. The number of thioether (sulfide) groups is 1. The highest BCUT2D eigenvalue weighted by atomic mass is 32.2. The highest BCUT2D eigenvalue weighted by Gasteiger charge is 2.19. The molecule has 0 aliphatic carbocycles. The van der Waals surface area contributed by atoms with E-state index in [0.717, 1.165) is 0 Å². The Morgan fingerprint density at radius 2 is 1.81 bits per heavy atom. The summed E-state index contributed by atoms with van der Waals surface area (Å²) in [6, 6.07) is 11.7. The first-order valence-corrected chi connectivity index (χ1v) is 12.5. The SMILES string of the molecule is CCOc1ccccc1OCC(=O)NC(CSC)Cc1ccc(OC)c(S(N)(=O)=O)c1. The van der Waals surface area contributed by atoms with Crippen LogP contribution in [-0.2, 0) is 21.2 Å². The molecule has 0 bridgehead atoms. The molecule has 0 aliphatic rings. The van der Waals surface area contributed by atoms with Crippen molar-refractivity contribution in [3.63, 3.8) is 0 Å². The average molecular weight is 469 g/mol. The van der Waals surface area contributed by atoms with Crippen molar-refractivity contribution >= 4 is 27.7 Å². The topological polar surface area (TPSA) is 117 Å². The van der Waals surface area contributed by atoms with Crippen LogP contribution in [0.3, 0.4) is 0 Å². The predicted octanol–water partition coefficient (Wildman–Crippen LogP) is 2.21. The highest BCUT2D eigenvalue weighted by Crippen LogP contribution is 2.26. The molecule has 1 amide bonds. The van der Waals surface area contributed by atoms with Crippen LogP contribution in [0.15, 0.2) is 47.4 Å². The first-order valence-electron chi connectivity index (χ1n) is 9.61. The van der Waals surface area contributed by atoms with Crippen LogP contribution in [0.25, 0.3) is 0 Å². The lowest BCUT2D eigenvalue weighted by Crippen LogP contribution is -2.40. The molecule has 31 heavy (non-hydrogen) atoms. The van der Waals surface area contributed by atoms with E-state index >= 15 is 0 Å². The lowest BCUT2D eigenvalue weighted by molar-refractivity contribution is -0.123. The first-order chi connectivity index (χ1) is 14.8. The van der Waals surface area contributed by atoms with Gasteiger partial charge < -0.3 is 19.5 Å². The van der Waals surface area contributed by atoms with Gasteiger partial charge in [-0.05, 0) is 49.4 Å². The Bertz CT molecular complexity index is 982. The van der Waals surface area contributed by atoms with Crippen LogP contribution in [0, 0.1) is 0 Å². The van der Waals surface area contributed by atoms with Gasteiger partial charge in [0.25, 0.3) is 5.91 Å². The van der Waals surface area contributed by atoms with E-state index in [0.29, 0.717) is 35.8 Å². The molecule has 170 valence electrons. The third-order valence-electron chi connectivity index (χ3n) is 4.26. The van der Waals surface area contributed by atoms with Crippen molar-refractivity contribution < 1.29 is 27.4 Å².